The van der Waals surface area contributed by atoms with E-state index in [-0.39, 0.29) is 5.91 Å². The number of para-hydroxylation sites is 1. The first-order valence-electron chi connectivity index (χ1n) is 6.69. The molecule has 21 heavy (non-hydrogen) atoms. The van der Waals surface area contributed by atoms with Gasteiger partial charge in [-0.15, -0.1) is 0 Å². The molecule has 0 fully saturated rings. The monoisotopic (exact) mass is 280 g/mol. The number of nitrogens with one attached hydrogen (secondary N) is 1. The summed E-state index contributed by atoms with van der Waals surface area (Å²) in [4.78, 5) is 12.4. The van der Waals surface area contributed by atoms with E-state index in [0.717, 1.165) is 22.3 Å². The van der Waals surface area contributed by atoms with Gasteiger partial charge in [0.15, 0.2) is 0 Å². The Morgan fingerprint density at radius 2 is 1.81 bits per heavy atom. The molecule has 0 bridgehead atoms. The predicted octanol–water partition coefficient (Wildman–Crippen LogP) is 3.44. The maximum absolute atomic E-state index is 12.4. The summed E-state index contributed by atoms with van der Waals surface area (Å²) in [6.07, 6.45) is 0. The van der Waals surface area contributed by atoms with Crippen molar-refractivity contribution in [2.24, 2.45) is 7.05 Å². The van der Waals surface area contributed by atoms with Gasteiger partial charge in [-0.25, -0.2) is 0 Å². The summed E-state index contributed by atoms with van der Waals surface area (Å²) in [6, 6.07) is 17.1. The van der Waals surface area contributed by atoms with Crippen molar-refractivity contribution in [3.63, 3.8) is 0 Å². The molecule has 1 aromatic heterocycles. The average Bonchev–Trinajstić information content (AvgIpc) is 2.86. The first-order valence-corrected chi connectivity index (χ1v) is 6.69. The van der Waals surface area contributed by atoms with E-state index in [2.05, 4.69) is 5.32 Å². The molecule has 1 amide bonds. The van der Waals surface area contributed by atoms with Crippen LogP contribution in [0.15, 0.2) is 54.6 Å². The van der Waals surface area contributed by atoms with Crippen molar-refractivity contribution >= 4 is 22.5 Å². The lowest BCUT2D eigenvalue weighted by Gasteiger charge is -2.07. The third kappa shape index (κ3) is 2.48. The molecular formula is C17H16N2O2. The Hall–Kier alpha value is -2.75. The van der Waals surface area contributed by atoms with E-state index in [1.54, 1.807) is 7.11 Å². The smallest absolute Gasteiger partial charge is 0.272 e. The van der Waals surface area contributed by atoms with Gasteiger partial charge in [-0.3, -0.25) is 4.79 Å². The number of carbonyl (C=O) groups is 1. The number of rotatable bonds is 3. The number of nitrogens with zero attached hydrogens (tertiary/aromatic N) is 1. The van der Waals surface area contributed by atoms with Crippen LogP contribution >= 0.6 is 0 Å². The normalized spacial score (nSPS) is 10.6. The second kappa shape index (κ2) is 5.32. The maximum atomic E-state index is 12.4. The molecule has 0 unspecified atom stereocenters. The third-order valence-electron chi connectivity index (χ3n) is 3.53. The third-order valence-corrected chi connectivity index (χ3v) is 3.53. The first kappa shape index (κ1) is 13.2. The summed E-state index contributed by atoms with van der Waals surface area (Å²) in [5.41, 5.74) is 2.41. The Bertz CT molecular complexity index is 788. The molecule has 0 radical (unpaired) electrons. The molecule has 0 aliphatic rings. The van der Waals surface area contributed by atoms with Gasteiger partial charge >= 0.3 is 0 Å². The Morgan fingerprint density at radius 3 is 2.48 bits per heavy atom. The molecule has 0 saturated carbocycles. The molecule has 4 heteroatoms. The SMILES string of the molecule is COc1ccc(NC(=O)c2cc3ccccc3n2C)cc1. The molecule has 2 aromatic carbocycles. The number of benzene rings is 2. The summed E-state index contributed by atoms with van der Waals surface area (Å²) in [7, 11) is 3.51. The summed E-state index contributed by atoms with van der Waals surface area (Å²) < 4.78 is 7.00. The lowest BCUT2D eigenvalue weighted by Crippen LogP contribution is -2.15. The minimum Gasteiger partial charge on any atom is -0.497 e. The summed E-state index contributed by atoms with van der Waals surface area (Å²) in [5, 5.41) is 3.95. The van der Waals surface area contributed by atoms with Crippen LogP contribution in [-0.4, -0.2) is 17.6 Å². The van der Waals surface area contributed by atoms with Crippen LogP contribution in [0.25, 0.3) is 10.9 Å². The fraction of sp³-hybridized carbons (Fsp3) is 0.118. The molecule has 1 N–H and O–H groups in total. The van der Waals surface area contributed by atoms with Gasteiger partial charge in [-0.2, -0.15) is 0 Å². The van der Waals surface area contributed by atoms with Gasteiger partial charge in [0.2, 0.25) is 0 Å². The zero-order chi connectivity index (χ0) is 14.8. The minimum absolute atomic E-state index is 0.126. The number of hydrogen-bond acceptors (Lipinski definition) is 2. The zero-order valence-corrected chi connectivity index (χ0v) is 12.0. The largest absolute Gasteiger partial charge is 0.497 e. The van der Waals surface area contributed by atoms with E-state index < -0.39 is 0 Å². The summed E-state index contributed by atoms with van der Waals surface area (Å²) in [5.74, 6) is 0.636. The van der Waals surface area contributed by atoms with E-state index in [9.17, 15) is 4.79 Å². The fourth-order valence-electron chi connectivity index (χ4n) is 2.38. The average molecular weight is 280 g/mol. The topological polar surface area (TPSA) is 43.3 Å². The molecule has 0 aliphatic carbocycles. The highest BCUT2D eigenvalue weighted by atomic mass is 16.5. The van der Waals surface area contributed by atoms with Crippen molar-refractivity contribution in [3.05, 3.63) is 60.3 Å². The predicted molar refractivity (Wildman–Crippen MR) is 83.9 cm³/mol. The highest BCUT2D eigenvalue weighted by molar-refractivity contribution is 6.06. The van der Waals surface area contributed by atoms with Crippen LogP contribution < -0.4 is 10.1 Å². The quantitative estimate of drug-likeness (QED) is 0.798. The number of ether oxygens (including phenoxy) is 1. The molecule has 3 aromatic rings. The molecule has 0 atom stereocenters. The van der Waals surface area contributed by atoms with Gasteiger partial charge < -0.3 is 14.6 Å². The number of anilines is 1. The highest BCUT2D eigenvalue weighted by Gasteiger charge is 2.13. The van der Waals surface area contributed by atoms with Crippen molar-refractivity contribution in [1.82, 2.24) is 4.57 Å². The van der Waals surface area contributed by atoms with Crippen molar-refractivity contribution in [2.75, 3.05) is 12.4 Å². The molecule has 1 heterocycles. The van der Waals surface area contributed by atoms with Crippen LogP contribution in [-0.2, 0) is 7.05 Å². The Labute approximate surface area is 123 Å². The van der Waals surface area contributed by atoms with E-state index in [1.807, 2.05) is 66.2 Å². The molecular weight excluding hydrogens is 264 g/mol. The Morgan fingerprint density at radius 1 is 1.10 bits per heavy atom. The van der Waals surface area contributed by atoms with Gasteiger partial charge in [-0.05, 0) is 36.4 Å². The summed E-state index contributed by atoms with van der Waals surface area (Å²) in [6.45, 7) is 0. The van der Waals surface area contributed by atoms with Crippen LogP contribution in [0.2, 0.25) is 0 Å². The lowest BCUT2D eigenvalue weighted by atomic mass is 10.2. The van der Waals surface area contributed by atoms with Gasteiger partial charge in [0.05, 0.1) is 7.11 Å². The minimum atomic E-state index is -0.126. The Kier molecular flexibility index (Phi) is 3.36. The number of carbonyl (C=O) groups excluding carboxylic acids is 1. The van der Waals surface area contributed by atoms with Crippen molar-refractivity contribution < 1.29 is 9.53 Å². The fourth-order valence-corrected chi connectivity index (χ4v) is 2.38. The van der Waals surface area contributed by atoms with Gasteiger partial charge in [0.1, 0.15) is 11.4 Å². The van der Waals surface area contributed by atoms with E-state index in [0.29, 0.717) is 5.69 Å². The Balaban J connectivity index is 1.87. The number of methoxy groups -OCH3 is 1. The van der Waals surface area contributed by atoms with Crippen LogP contribution in [0.4, 0.5) is 5.69 Å². The van der Waals surface area contributed by atoms with Crippen LogP contribution in [0, 0.1) is 0 Å². The van der Waals surface area contributed by atoms with Gasteiger partial charge in [0.25, 0.3) is 5.91 Å². The first-order chi connectivity index (χ1) is 10.2. The van der Waals surface area contributed by atoms with Crippen molar-refractivity contribution in [2.45, 2.75) is 0 Å². The van der Waals surface area contributed by atoms with E-state index >= 15 is 0 Å². The lowest BCUT2D eigenvalue weighted by molar-refractivity contribution is 0.101. The van der Waals surface area contributed by atoms with Crippen molar-refractivity contribution in [3.8, 4) is 5.75 Å². The van der Waals surface area contributed by atoms with Gasteiger partial charge in [-0.1, -0.05) is 18.2 Å². The second-order valence-corrected chi connectivity index (χ2v) is 4.83. The van der Waals surface area contributed by atoms with Crippen LogP contribution in [0.5, 0.6) is 5.75 Å². The maximum Gasteiger partial charge on any atom is 0.272 e. The molecule has 106 valence electrons. The van der Waals surface area contributed by atoms with Crippen molar-refractivity contribution in [1.29, 1.82) is 0 Å². The number of hydrogen-bond donors (Lipinski definition) is 1. The molecule has 3 rings (SSSR count). The number of aromatic nitrogens is 1. The molecule has 4 nitrogen and oxygen atoms in total. The highest BCUT2D eigenvalue weighted by Crippen LogP contribution is 2.20. The standard InChI is InChI=1S/C17H16N2O2/c1-19-15-6-4-3-5-12(15)11-16(19)17(20)18-13-7-9-14(21-2)10-8-13/h3-11H,1-2H3,(H,18,20). The molecule has 0 saturated heterocycles. The van der Waals surface area contributed by atoms with E-state index in [1.165, 1.54) is 0 Å². The molecule has 0 aliphatic heterocycles. The number of amides is 1. The second-order valence-electron chi connectivity index (χ2n) is 4.83. The number of aryl methyl sites for hydroxylation is 1. The molecule has 0 spiro atoms. The number of fused-ring (bicyclic) bond motifs is 1. The summed E-state index contributed by atoms with van der Waals surface area (Å²) >= 11 is 0. The zero-order valence-electron chi connectivity index (χ0n) is 12.0. The van der Waals surface area contributed by atoms with Crippen LogP contribution in [0.3, 0.4) is 0 Å². The van der Waals surface area contributed by atoms with Gasteiger partial charge in [0, 0.05) is 23.6 Å². The van der Waals surface area contributed by atoms with Crippen LogP contribution in [0.1, 0.15) is 10.5 Å². The van der Waals surface area contributed by atoms with E-state index in [4.69, 9.17) is 4.74 Å².